The first-order valence-corrected chi connectivity index (χ1v) is 3.74. The minimum atomic E-state index is -0.245. The van der Waals surface area contributed by atoms with E-state index >= 15 is 0 Å². The van der Waals surface area contributed by atoms with Gasteiger partial charge in [0.1, 0.15) is 4.60 Å². The van der Waals surface area contributed by atoms with Crippen molar-refractivity contribution in [3.63, 3.8) is 0 Å². The maximum atomic E-state index is 10.7. The standard InChI is InChI=1S/C6H4BrN3O.Na/c7-4-3-5-8-6(11)1-2-10(5)9-4;/h1-3H,(H,8,11);/q;+1/p-1. The largest absolute Gasteiger partial charge is 1.00 e. The predicted molar refractivity (Wildman–Crippen MR) is 40.1 cm³/mol. The van der Waals surface area contributed by atoms with Crippen molar-refractivity contribution in [1.82, 2.24) is 14.6 Å². The van der Waals surface area contributed by atoms with Crippen molar-refractivity contribution in [1.29, 1.82) is 0 Å². The third-order valence-electron chi connectivity index (χ3n) is 1.27. The van der Waals surface area contributed by atoms with E-state index in [9.17, 15) is 5.11 Å². The molecule has 2 aromatic heterocycles. The molecule has 0 N–H and O–H groups in total. The SMILES string of the molecule is [Na+].[O-]c1ccn2nc(Br)cc2n1. The maximum absolute atomic E-state index is 10.7. The van der Waals surface area contributed by atoms with Gasteiger partial charge in [-0.25, -0.2) is 9.50 Å². The van der Waals surface area contributed by atoms with Gasteiger partial charge in [0.2, 0.25) is 0 Å². The fourth-order valence-corrected chi connectivity index (χ4v) is 1.21. The molecule has 6 heteroatoms. The van der Waals surface area contributed by atoms with Crippen molar-refractivity contribution in [3.05, 3.63) is 22.9 Å². The fraction of sp³-hybridized carbons (Fsp3) is 0. The maximum Gasteiger partial charge on any atom is 1.00 e. The van der Waals surface area contributed by atoms with Gasteiger partial charge in [-0.1, -0.05) is 0 Å². The summed E-state index contributed by atoms with van der Waals surface area (Å²) in [6.07, 6.45) is 1.58. The molecule has 0 spiro atoms. The number of halogens is 1. The van der Waals surface area contributed by atoms with Crippen LogP contribution in [0.5, 0.6) is 5.88 Å². The Kier molecular flexibility index (Phi) is 3.11. The molecule has 0 aliphatic rings. The van der Waals surface area contributed by atoms with Crippen LogP contribution < -0.4 is 34.7 Å². The zero-order chi connectivity index (χ0) is 7.84. The van der Waals surface area contributed by atoms with Crippen LogP contribution in [-0.4, -0.2) is 14.6 Å². The van der Waals surface area contributed by atoms with E-state index in [0.29, 0.717) is 10.3 Å². The summed E-state index contributed by atoms with van der Waals surface area (Å²) < 4.78 is 2.21. The molecule has 2 aromatic rings. The third-order valence-corrected chi connectivity index (χ3v) is 1.66. The average Bonchev–Trinajstić information content (AvgIpc) is 2.27. The molecule has 2 heterocycles. The summed E-state index contributed by atoms with van der Waals surface area (Å²) in [4.78, 5) is 3.71. The second-order valence-corrected chi connectivity index (χ2v) is 2.85. The summed E-state index contributed by atoms with van der Waals surface area (Å²) in [5.74, 6) is -0.245. The summed E-state index contributed by atoms with van der Waals surface area (Å²) in [6, 6.07) is 3.05. The quantitative estimate of drug-likeness (QED) is 0.478. The van der Waals surface area contributed by atoms with Gasteiger partial charge in [-0.15, -0.1) is 0 Å². The van der Waals surface area contributed by atoms with Gasteiger partial charge in [0.05, 0.1) is 0 Å². The summed E-state index contributed by atoms with van der Waals surface area (Å²) in [5.41, 5.74) is 0.560. The first kappa shape index (κ1) is 9.98. The number of hydrogen-bond acceptors (Lipinski definition) is 3. The number of hydrogen-bond donors (Lipinski definition) is 0. The summed E-state index contributed by atoms with van der Waals surface area (Å²) in [6.45, 7) is 0. The Morgan fingerprint density at radius 3 is 3.00 bits per heavy atom. The Morgan fingerprint density at radius 1 is 1.50 bits per heavy atom. The molecule has 0 aliphatic carbocycles. The van der Waals surface area contributed by atoms with Gasteiger partial charge < -0.3 is 5.11 Å². The predicted octanol–water partition coefficient (Wildman–Crippen LogP) is -2.43. The zero-order valence-corrected chi connectivity index (χ0v) is 9.95. The first-order chi connectivity index (χ1) is 5.25. The molecule has 12 heavy (non-hydrogen) atoms. The van der Waals surface area contributed by atoms with Gasteiger partial charge in [0, 0.05) is 12.3 Å². The number of fused-ring (bicyclic) bond motifs is 1. The molecule has 0 aromatic carbocycles. The van der Waals surface area contributed by atoms with Crippen LogP contribution in [0.25, 0.3) is 5.65 Å². The van der Waals surface area contributed by atoms with Crippen molar-refractivity contribution in [2.75, 3.05) is 0 Å². The Labute approximate surface area is 99.0 Å². The normalized spacial score (nSPS) is 9.75. The minimum absolute atomic E-state index is 0. The summed E-state index contributed by atoms with van der Waals surface area (Å²) >= 11 is 3.18. The average molecular weight is 236 g/mol. The van der Waals surface area contributed by atoms with E-state index in [-0.39, 0.29) is 35.4 Å². The fourth-order valence-electron chi connectivity index (χ4n) is 0.833. The molecule has 4 nitrogen and oxygen atoms in total. The van der Waals surface area contributed by atoms with Crippen molar-refractivity contribution in [2.24, 2.45) is 0 Å². The molecule has 0 bridgehead atoms. The van der Waals surface area contributed by atoms with Crippen LogP contribution in [-0.2, 0) is 0 Å². The molecule has 0 radical (unpaired) electrons. The summed E-state index contributed by atoms with van der Waals surface area (Å²) in [5, 5.41) is 14.7. The van der Waals surface area contributed by atoms with Gasteiger partial charge >= 0.3 is 29.6 Å². The van der Waals surface area contributed by atoms with Gasteiger partial charge in [-0.2, -0.15) is 5.10 Å². The van der Waals surface area contributed by atoms with Gasteiger partial charge in [-0.05, 0) is 27.9 Å². The van der Waals surface area contributed by atoms with Crippen LogP contribution in [0, 0.1) is 0 Å². The smallest absolute Gasteiger partial charge is 0.859 e. The second kappa shape index (κ2) is 3.74. The molecule has 0 amide bonds. The van der Waals surface area contributed by atoms with E-state index in [1.54, 1.807) is 12.3 Å². The Bertz CT molecular complexity index is 403. The van der Waals surface area contributed by atoms with Crippen LogP contribution >= 0.6 is 15.9 Å². The first-order valence-electron chi connectivity index (χ1n) is 2.95. The van der Waals surface area contributed by atoms with Crippen molar-refractivity contribution in [3.8, 4) is 5.88 Å². The molecule has 0 aliphatic heterocycles. The number of nitrogens with zero attached hydrogens (tertiary/aromatic N) is 3. The van der Waals surface area contributed by atoms with E-state index in [0.717, 1.165) is 0 Å². The van der Waals surface area contributed by atoms with Crippen LogP contribution in [0.1, 0.15) is 0 Å². The molecule has 0 saturated carbocycles. The molecular weight excluding hydrogens is 233 g/mol. The minimum Gasteiger partial charge on any atom is -0.859 e. The van der Waals surface area contributed by atoms with Gasteiger partial charge in [0.25, 0.3) is 0 Å². The molecule has 56 valence electrons. The van der Waals surface area contributed by atoms with E-state index in [2.05, 4.69) is 26.0 Å². The second-order valence-electron chi connectivity index (χ2n) is 2.04. The van der Waals surface area contributed by atoms with E-state index in [1.807, 2.05) is 0 Å². The zero-order valence-electron chi connectivity index (χ0n) is 6.36. The van der Waals surface area contributed by atoms with Gasteiger partial charge in [-0.3, -0.25) is 0 Å². The van der Waals surface area contributed by atoms with Crippen molar-refractivity contribution < 1.29 is 34.7 Å². The monoisotopic (exact) mass is 235 g/mol. The molecule has 0 unspecified atom stereocenters. The van der Waals surface area contributed by atoms with Crippen LogP contribution in [0.3, 0.4) is 0 Å². The topological polar surface area (TPSA) is 53.2 Å². The Morgan fingerprint density at radius 2 is 2.25 bits per heavy atom. The van der Waals surface area contributed by atoms with Crippen LogP contribution in [0.15, 0.2) is 22.9 Å². The van der Waals surface area contributed by atoms with Crippen LogP contribution in [0.4, 0.5) is 0 Å². The Hall–Kier alpha value is -0.100. The molecule has 0 atom stereocenters. The van der Waals surface area contributed by atoms with Crippen molar-refractivity contribution >= 4 is 21.6 Å². The summed E-state index contributed by atoms with van der Waals surface area (Å²) in [7, 11) is 0. The van der Waals surface area contributed by atoms with E-state index in [4.69, 9.17) is 0 Å². The number of aromatic nitrogens is 3. The van der Waals surface area contributed by atoms with Crippen LogP contribution in [0.2, 0.25) is 0 Å². The Balaban J connectivity index is 0.000000720. The van der Waals surface area contributed by atoms with Gasteiger partial charge in [0.15, 0.2) is 5.65 Å². The van der Waals surface area contributed by atoms with Crippen molar-refractivity contribution in [2.45, 2.75) is 0 Å². The molecule has 2 rings (SSSR count). The number of rotatable bonds is 0. The third kappa shape index (κ3) is 1.80. The molecule has 0 saturated heterocycles. The molecular formula is C6H3BrN3NaO. The molecule has 0 fully saturated rings. The van der Waals surface area contributed by atoms with E-state index < -0.39 is 0 Å². The van der Waals surface area contributed by atoms with E-state index in [1.165, 1.54) is 10.6 Å².